The van der Waals surface area contributed by atoms with Gasteiger partial charge in [-0.05, 0) is 24.6 Å². The summed E-state index contributed by atoms with van der Waals surface area (Å²) in [6, 6.07) is 5.65. The molecular weight excluding hydrogens is 280 g/mol. The van der Waals surface area contributed by atoms with E-state index in [2.05, 4.69) is 20.4 Å². The van der Waals surface area contributed by atoms with Gasteiger partial charge in [-0.2, -0.15) is 5.10 Å². The van der Waals surface area contributed by atoms with Crippen LogP contribution in [-0.2, 0) is 6.54 Å². The summed E-state index contributed by atoms with van der Waals surface area (Å²) in [4.78, 5) is 20.4. The molecule has 0 unspecified atom stereocenters. The molecule has 1 aliphatic heterocycles. The van der Waals surface area contributed by atoms with Gasteiger partial charge in [0.15, 0.2) is 0 Å². The summed E-state index contributed by atoms with van der Waals surface area (Å²) in [7, 11) is 0. The molecule has 4 heterocycles. The number of aromatic nitrogens is 5. The number of carbonyl (C=O) groups excluding carboxylic acids is 1. The zero-order valence-electron chi connectivity index (χ0n) is 11.8. The van der Waals surface area contributed by atoms with Crippen LogP contribution in [0, 0.1) is 0 Å². The van der Waals surface area contributed by atoms with Crippen LogP contribution in [0.4, 0.5) is 0 Å². The maximum Gasteiger partial charge on any atom is 0.269 e. The van der Waals surface area contributed by atoms with Gasteiger partial charge in [-0.15, -0.1) is 0 Å². The van der Waals surface area contributed by atoms with Crippen LogP contribution in [0.5, 0.6) is 0 Å². The molecule has 0 atom stereocenters. The molecule has 110 valence electrons. The fraction of sp³-hybridized carbons (Fsp3) is 0.200. The van der Waals surface area contributed by atoms with Crippen LogP contribution in [0.15, 0.2) is 43.1 Å². The maximum atomic E-state index is 12.0. The molecule has 0 fully saturated rings. The summed E-state index contributed by atoms with van der Waals surface area (Å²) < 4.78 is 3.60. The van der Waals surface area contributed by atoms with Crippen LogP contribution in [0.3, 0.4) is 0 Å². The second-order valence-electron chi connectivity index (χ2n) is 5.12. The number of hydrogen-bond donors (Lipinski definition) is 1. The lowest BCUT2D eigenvalue weighted by atomic mass is 10.2. The van der Waals surface area contributed by atoms with E-state index in [1.54, 1.807) is 23.4 Å². The van der Waals surface area contributed by atoms with Crippen LogP contribution < -0.4 is 5.32 Å². The minimum absolute atomic E-state index is 0.0693. The van der Waals surface area contributed by atoms with E-state index in [4.69, 9.17) is 0 Å². The van der Waals surface area contributed by atoms with Gasteiger partial charge >= 0.3 is 0 Å². The van der Waals surface area contributed by atoms with Crippen molar-refractivity contribution < 1.29 is 4.79 Å². The number of fused-ring (bicyclic) bond motifs is 1. The highest BCUT2D eigenvalue weighted by Gasteiger charge is 2.18. The Balaban J connectivity index is 1.75. The Kier molecular flexibility index (Phi) is 2.96. The summed E-state index contributed by atoms with van der Waals surface area (Å²) in [5.74, 6) is 0.697. The molecule has 0 saturated heterocycles. The lowest BCUT2D eigenvalue weighted by molar-refractivity contribution is 0.0950. The van der Waals surface area contributed by atoms with Gasteiger partial charge in [-0.25, -0.2) is 9.97 Å². The van der Waals surface area contributed by atoms with Crippen molar-refractivity contribution in [2.75, 3.05) is 6.54 Å². The molecule has 0 aliphatic carbocycles. The van der Waals surface area contributed by atoms with E-state index in [1.807, 2.05) is 29.0 Å². The van der Waals surface area contributed by atoms with Crippen molar-refractivity contribution in [1.29, 1.82) is 0 Å². The number of aryl methyl sites for hydroxylation is 1. The van der Waals surface area contributed by atoms with Crippen LogP contribution in [0.25, 0.3) is 17.1 Å². The van der Waals surface area contributed by atoms with Crippen LogP contribution in [-0.4, -0.2) is 36.8 Å². The third kappa shape index (κ3) is 2.16. The van der Waals surface area contributed by atoms with E-state index in [1.165, 1.54) is 0 Å². The Bertz CT molecular complexity index is 820. The van der Waals surface area contributed by atoms with Crippen LogP contribution >= 0.6 is 0 Å². The molecule has 7 nitrogen and oxygen atoms in total. The highest BCUT2D eigenvalue weighted by Crippen LogP contribution is 2.21. The van der Waals surface area contributed by atoms with Gasteiger partial charge in [0.2, 0.25) is 0 Å². The molecule has 0 aromatic carbocycles. The standard InChI is InChI=1S/C15H14N6O/c22-15-13-9-12(19-21(13)6-1-3-18-15)11-2-4-17-14(8-11)20-7-5-16-10-20/h2,4-5,7-10H,1,3,6H2,(H,18,22). The largest absolute Gasteiger partial charge is 0.351 e. The molecule has 22 heavy (non-hydrogen) atoms. The van der Waals surface area contributed by atoms with Gasteiger partial charge in [-0.1, -0.05) is 0 Å². The van der Waals surface area contributed by atoms with Crippen molar-refractivity contribution in [3.63, 3.8) is 0 Å². The number of rotatable bonds is 2. The number of nitrogens with zero attached hydrogens (tertiary/aromatic N) is 5. The minimum Gasteiger partial charge on any atom is -0.351 e. The molecule has 0 radical (unpaired) electrons. The summed E-state index contributed by atoms with van der Waals surface area (Å²) in [5, 5.41) is 7.43. The first-order chi connectivity index (χ1) is 10.8. The van der Waals surface area contributed by atoms with E-state index in [9.17, 15) is 4.79 Å². The topological polar surface area (TPSA) is 77.6 Å². The Hall–Kier alpha value is -2.96. The molecular formula is C15H14N6O. The van der Waals surface area contributed by atoms with Gasteiger partial charge in [0.1, 0.15) is 17.8 Å². The normalized spacial score (nSPS) is 14.3. The van der Waals surface area contributed by atoms with E-state index >= 15 is 0 Å². The first-order valence-corrected chi connectivity index (χ1v) is 7.12. The van der Waals surface area contributed by atoms with Crippen molar-refractivity contribution in [2.24, 2.45) is 0 Å². The molecule has 0 bridgehead atoms. The number of nitrogens with one attached hydrogen (secondary N) is 1. The smallest absolute Gasteiger partial charge is 0.269 e. The second kappa shape index (κ2) is 5.10. The number of hydrogen-bond acceptors (Lipinski definition) is 4. The van der Waals surface area contributed by atoms with E-state index in [0.717, 1.165) is 30.0 Å². The predicted molar refractivity (Wildman–Crippen MR) is 79.5 cm³/mol. The van der Waals surface area contributed by atoms with E-state index in [-0.39, 0.29) is 5.91 Å². The highest BCUT2D eigenvalue weighted by molar-refractivity contribution is 5.93. The van der Waals surface area contributed by atoms with Gasteiger partial charge < -0.3 is 5.32 Å². The van der Waals surface area contributed by atoms with Crippen molar-refractivity contribution in [3.8, 4) is 17.1 Å². The summed E-state index contributed by atoms with van der Waals surface area (Å²) in [6.45, 7) is 1.44. The summed E-state index contributed by atoms with van der Waals surface area (Å²) >= 11 is 0. The molecule has 0 saturated carbocycles. The average molecular weight is 294 g/mol. The third-order valence-corrected chi connectivity index (χ3v) is 3.66. The fourth-order valence-corrected chi connectivity index (χ4v) is 2.55. The lowest BCUT2D eigenvalue weighted by Crippen LogP contribution is -2.22. The third-order valence-electron chi connectivity index (χ3n) is 3.66. The Morgan fingerprint density at radius 3 is 3.05 bits per heavy atom. The highest BCUT2D eigenvalue weighted by atomic mass is 16.2. The van der Waals surface area contributed by atoms with Crippen molar-refractivity contribution >= 4 is 5.91 Å². The fourth-order valence-electron chi connectivity index (χ4n) is 2.55. The average Bonchev–Trinajstić information content (AvgIpc) is 3.19. The van der Waals surface area contributed by atoms with Crippen molar-refractivity contribution in [3.05, 3.63) is 48.8 Å². The molecule has 1 aliphatic rings. The minimum atomic E-state index is -0.0693. The first-order valence-electron chi connectivity index (χ1n) is 7.12. The lowest BCUT2D eigenvalue weighted by Gasteiger charge is -2.03. The van der Waals surface area contributed by atoms with Gasteiger partial charge in [0, 0.05) is 37.2 Å². The van der Waals surface area contributed by atoms with Crippen LogP contribution in [0.1, 0.15) is 16.9 Å². The van der Waals surface area contributed by atoms with Gasteiger partial charge in [0.25, 0.3) is 5.91 Å². The summed E-state index contributed by atoms with van der Waals surface area (Å²) in [5.41, 5.74) is 2.30. The second-order valence-corrected chi connectivity index (χ2v) is 5.12. The molecule has 1 N–H and O–H groups in total. The number of pyridine rings is 1. The zero-order valence-corrected chi connectivity index (χ0v) is 11.8. The molecule has 3 aromatic heterocycles. The maximum absolute atomic E-state index is 12.0. The SMILES string of the molecule is O=C1NCCCn2nc(-c3ccnc(-n4ccnc4)c3)cc21. The Labute approximate surface area is 126 Å². The van der Waals surface area contributed by atoms with Crippen molar-refractivity contribution in [1.82, 2.24) is 29.6 Å². The zero-order chi connectivity index (χ0) is 14.9. The molecule has 0 spiro atoms. The first kappa shape index (κ1) is 12.8. The molecule has 4 rings (SSSR count). The Morgan fingerprint density at radius 1 is 1.23 bits per heavy atom. The number of carbonyl (C=O) groups is 1. The van der Waals surface area contributed by atoms with Crippen molar-refractivity contribution in [2.45, 2.75) is 13.0 Å². The summed E-state index contributed by atoms with van der Waals surface area (Å²) in [6.07, 6.45) is 7.85. The number of imidazole rings is 1. The molecule has 3 aromatic rings. The monoisotopic (exact) mass is 294 g/mol. The predicted octanol–water partition coefficient (Wildman–Crippen LogP) is 1.26. The van der Waals surface area contributed by atoms with Gasteiger partial charge in [0.05, 0.1) is 5.69 Å². The van der Waals surface area contributed by atoms with E-state index < -0.39 is 0 Å². The Morgan fingerprint density at radius 2 is 2.18 bits per heavy atom. The molecule has 7 heteroatoms. The quantitative estimate of drug-likeness (QED) is 0.772. The van der Waals surface area contributed by atoms with Crippen LogP contribution in [0.2, 0.25) is 0 Å². The van der Waals surface area contributed by atoms with E-state index in [0.29, 0.717) is 12.2 Å². The number of amides is 1. The van der Waals surface area contributed by atoms with Gasteiger partial charge in [-0.3, -0.25) is 14.0 Å². The molecule has 1 amide bonds.